The summed E-state index contributed by atoms with van der Waals surface area (Å²) in [7, 11) is 0. The molecule has 0 bridgehead atoms. The Hall–Kier alpha value is -1.35. The summed E-state index contributed by atoms with van der Waals surface area (Å²) in [5.74, 6) is 0. The number of rotatable bonds is 3. The van der Waals surface area contributed by atoms with Crippen LogP contribution in [0, 0.1) is 0 Å². The van der Waals surface area contributed by atoms with E-state index in [2.05, 4.69) is 11.2 Å². The fourth-order valence-corrected chi connectivity index (χ4v) is 1.56. The van der Waals surface area contributed by atoms with Gasteiger partial charge in [0.1, 0.15) is 0 Å². The lowest BCUT2D eigenvalue weighted by molar-refractivity contribution is 0.668. The van der Waals surface area contributed by atoms with Gasteiger partial charge in [-0.05, 0) is 37.5 Å². The molecule has 14 heavy (non-hydrogen) atoms. The van der Waals surface area contributed by atoms with E-state index in [0.717, 1.165) is 12.8 Å². The smallest absolute Gasteiger partial charge is 0.0693 e. The molecule has 0 saturated carbocycles. The average molecular weight is 189 g/mol. The molecule has 0 saturated heterocycles. The molecule has 2 heterocycles. The number of hydrogen-bond acceptors (Lipinski definition) is 2. The number of pyridine rings is 1. The molecule has 0 amide bonds. The van der Waals surface area contributed by atoms with Gasteiger partial charge in [0, 0.05) is 12.2 Å². The van der Waals surface area contributed by atoms with Gasteiger partial charge >= 0.3 is 0 Å². The van der Waals surface area contributed by atoms with Gasteiger partial charge in [-0.25, -0.2) is 4.52 Å². The van der Waals surface area contributed by atoms with Gasteiger partial charge in [-0.15, -0.1) is 0 Å². The number of hydrogen-bond donors (Lipinski definition) is 1. The first-order valence-electron chi connectivity index (χ1n) is 4.94. The highest BCUT2D eigenvalue weighted by Crippen LogP contribution is 2.12. The van der Waals surface area contributed by atoms with Gasteiger partial charge < -0.3 is 5.73 Å². The van der Waals surface area contributed by atoms with Gasteiger partial charge in [0.2, 0.25) is 0 Å². The van der Waals surface area contributed by atoms with Crippen molar-refractivity contribution >= 4 is 5.52 Å². The standard InChI is InChI=1S/C11H15N3/c1-9(12)5-6-10-8-13-14-7-3-2-4-11(10)14/h2-4,7-9H,5-6,12H2,1H3/t9-/m0/s1. The monoisotopic (exact) mass is 189 g/mol. The minimum absolute atomic E-state index is 0.258. The predicted molar refractivity (Wildman–Crippen MR) is 57.2 cm³/mol. The Bertz CT molecular complexity index is 417. The van der Waals surface area contributed by atoms with Crippen molar-refractivity contribution in [1.82, 2.24) is 9.61 Å². The Labute approximate surface area is 83.5 Å². The van der Waals surface area contributed by atoms with Crippen molar-refractivity contribution in [3.05, 3.63) is 36.2 Å². The highest BCUT2D eigenvalue weighted by molar-refractivity contribution is 5.53. The Morgan fingerprint density at radius 3 is 3.14 bits per heavy atom. The second kappa shape index (κ2) is 3.80. The summed E-state index contributed by atoms with van der Waals surface area (Å²) in [5, 5.41) is 4.27. The normalized spacial score (nSPS) is 13.3. The lowest BCUT2D eigenvalue weighted by Crippen LogP contribution is -2.15. The topological polar surface area (TPSA) is 43.3 Å². The fraction of sp³-hybridized carbons (Fsp3) is 0.364. The SMILES string of the molecule is C[C@H](N)CCc1cnn2ccccc12. The average Bonchev–Trinajstić information content (AvgIpc) is 2.58. The molecule has 3 nitrogen and oxygen atoms in total. The van der Waals surface area contributed by atoms with Crippen LogP contribution in [0.4, 0.5) is 0 Å². The zero-order valence-electron chi connectivity index (χ0n) is 8.35. The number of fused-ring (bicyclic) bond motifs is 1. The molecule has 0 aliphatic rings. The van der Waals surface area contributed by atoms with Crippen LogP contribution in [0.1, 0.15) is 18.9 Å². The maximum atomic E-state index is 5.73. The summed E-state index contributed by atoms with van der Waals surface area (Å²) < 4.78 is 1.90. The predicted octanol–water partition coefficient (Wildman–Crippen LogP) is 1.61. The highest BCUT2D eigenvalue weighted by atomic mass is 15.2. The van der Waals surface area contributed by atoms with Gasteiger partial charge in [-0.1, -0.05) is 6.07 Å². The van der Waals surface area contributed by atoms with E-state index in [1.807, 2.05) is 36.0 Å². The zero-order chi connectivity index (χ0) is 9.97. The molecule has 1 atom stereocenters. The minimum atomic E-state index is 0.258. The minimum Gasteiger partial charge on any atom is -0.328 e. The maximum Gasteiger partial charge on any atom is 0.0693 e. The summed E-state index contributed by atoms with van der Waals surface area (Å²) >= 11 is 0. The molecule has 0 unspecified atom stereocenters. The second-order valence-corrected chi connectivity index (χ2v) is 3.72. The van der Waals surface area contributed by atoms with Crippen LogP contribution in [0.5, 0.6) is 0 Å². The van der Waals surface area contributed by atoms with Gasteiger partial charge in [0.25, 0.3) is 0 Å². The Kier molecular flexibility index (Phi) is 2.50. The largest absolute Gasteiger partial charge is 0.328 e. The Morgan fingerprint density at radius 2 is 2.36 bits per heavy atom. The molecule has 0 fully saturated rings. The third kappa shape index (κ3) is 1.77. The van der Waals surface area contributed by atoms with Gasteiger partial charge in [-0.3, -0.25) is 0 Å². The van der Waals surface area contributed by atoms with E-state index in [1.54, 1.807) is 0 Å². The summed E-state index contributed by atoms with van der Waals surface area (Å²) in [6.45, 7) is 2.03. The van der Waals surface area contributed by atoms with Gasteiger partial charge in [-0.2, -0.15) is 5.10 Å². The van der Waals surface area contributed by atoms with E-state index in [4.69, 9.17) is 5.73 Å². The first-order chi connectivity index (χ1) is 6.77. The van der Waals surface area contributed by atoms with Crippen LogP contribution in [0.3, 0.4) is 0 Å². The van der Waals surface area contributed by atoms with E-state index < -0.39 is 0 Å². The van der Waals surface area contributed by atoms with Crippen LogP contribution < -0.4 is 5.73 Å². The fourth-order valence-electron chi connectivity index (χ4n) is 1.56. The quantitative estimate of drug-likeness (QED) is 0.797. The van der Waals surface area contributed by atoms with Crippen molar-refractivity contribution in [2.45, 2.75) is 25.8 Å². The van der Waals surface area contributed by atoms with Crippen molar-refractivity contribution in [2.24, 2.45) is 5.73 Å². The van der Waals surface area contributed by atoms with E-state index in [0.29, 0.717) is 0 Å². The summed E-state index contributed by atoms with van der Waals surface area (Å²) in [6.07, 6.45) is 5.91. The molecule has 74 valence electrons. The first-order valence-corrected chi connectivity index (χ1v) is 4.94. The molecule has 3 heteroatoms. The Morgan fingerprint density at radius 1 is 1.50 bits per heavy atom. The van der Waals surface area contributed by atoms with Crippen molar-refractivity contribution in [2.75, 3.05) is 0 Å². The zero-order valence-corrected chi connectivity index (χ0v) is 8.35. The van der Waals surface area contributed by atoms with E-state index >= 15 is 0 Å². The lowest BCUT2D eigenvalue weighted by atomic mass is 10.1. The van der Waals surface area contributed by atoms with Gasteiger partial charge in [0.15, 0.2) is 0 Å². The van der Waals surface area contributed by atoms with Gasteiger partial charge in [0.05, 0.1) is 11.7 Å². The van der Waals surface area contributed by atoms with Crippen LogP contribution in [-0.4, -0.2) is 15.7 Å². The van der Waals surface area contributed by atoms with Crippen molar-refractivity contribution in [3.8, 4) is 0 Å². The molecular weight excluding hydrogens is 174 g/mol. The summed E-state index contributed by atoms with van der Waals surface area (Å²) in [5.41, 5.74) is 8.19. The molecule has 0 aliphatic carbocycles. The summed E-state index contributed by atoms with van der Waals surface area (Å²) in [4.78, 5) is 0. The second-order valence-electron chi connectivity index (χ2n) is 3.72. The molecule has 0 aromatic carbocycles. The van der Waals surface area contributed by atoms with Crippen molar-refractivity contribution in [1.29, 1.82) is 0 Å². The van der Waals surface area contributed by atoms with Crippen LogP contribution in [0.25, 0.3) is 5.52 Å². The third-order valence-corrected chi connectivity index (χ3v) is 2.38. The van der Waals surface area contributed by atoms with E-state index in [1.165, 1.54) is 11.1 Å². The molecule has 2 N–H and O–H groups in total. The molecule has 2 aromatic rings. The number of aromatic nitrogens is 2. The molecular formula is C11H15N3. The van der Waals surface area contributed by atoms with Crippen LogP contribution in [0.2, 0.25) is 0 Å². The third-order valence-electron chi connectivity index (χ3n) is 2.38. The first kappa shape index (κ1) is 9.21. The number of nitrogens with zero attached hydrogens (tertiary/aromatic N) is 2. The molecule has 2 aromatic heterocycles. The molecule has 2 rings (SSSR count). The number of aryl methyl sites for hydroxylation is 1. The molecule has 0 aliphatic heterocycles. The highest BCUT2D eigenvalue weighted by Gasteiger charge is 2.03. The maximum absolute atomic E-state index is 5.73. The lowest BCUT2D eigenvalue weighted by Gasteiger charge is -2.02. The van der Waals surface area contributed by atoms with E-state index in [-0.39, 0.29) is 6.04 Å². The van der Waals surface area contributed by atoms with Crippen molar-refractivity contribution < 1.29 is 0 Å². The molecule has 0 spiro atoms. The van der Waals surface area contributed by atoms with E-state index in [9.17, 15) is 0 Å². The van der Waals surface area contributed by atoms with Crippen LogP contribution in [0.15, 0.2) is 30.6 Å². The van der Waals surface area contributed by atoms with Crippen LogP contribution in [-0.2, 0) is 6.42 Å². The van der Waals surface area contributed by atoms with Crippen LogP contribution >= 0.6 is 0 Å². The van der Waals surface area contributed by atoms with Crippen molar-refractivity contribution in [3.63, 3.8) is 0 Å². The molecule has 0 radical (unpaired) electrons. The number of nitrogens with two attached hydrogens (primary N) is 1. The summed E-state index contributed by atoms with van der Waals surface area (Å²) in [6, 6.07) is 6.36. The Balaban J connectivity index is 2.25.